The summed E-state index contributed by atoms with van der Waals surface area (Å²) in [5, 5.41) is 21.1. The van der Waals surface area contributed by atoms with Crippen molar-refractivity contribution >= 4 is 35.8 Å². The van der Waals surface area contributed by atoms with Crippen LogP contribution < -0.4 is 10.8 Å². The van der Waals surface area contributed by atoms with E-state index in [1.54, 1.807) is 25.1 Å². The van der Waals surface area contributed by atoms with Gasteiger partial charge in [0.15, 0.2) is 0 Å². The molecule has 7 heteroatoms. The SMILES string of the molecule is Cc1c(Cl)cccc1NC(=O)c1cccc(B(O)O)c1F. The molecule has 21 heavy (non-hydrogen) atoms. The minimum absolute atomic E-state index is 0.278. The van der Waals surface area contributed by atoms with Crippen LogP contribution in [0.1, 0.15) is 15.9 Å². The number of anilines is 1. The monoisotopic (exact) mass is 307 g/mol. The van der Waals surface area contributed by atoms with Gasteiger partial charge >= 0.3 is 7.12 Å². The molecule has 0 aromatic heterocycles. The van der Waals surface area contributed by atoms with Gasteiger partial charge in [-0.05, 0) is 30.7 Å². The van der Waals surface area contributed by atoms with Crippen molar-refractivity contribution < 1.29 is 19.2 Å². The molecule has 0 heterocycles. The van der Waals surface area contributed by atoms with Crippen LogP contribution in [0.25, 0.3) is 0 Å². The second-order valence-electron chi connectivity index (χ2n) is 4.45. The average molecular weight is 308 g/mol. The fourth-order valence-electron chi connectivity index (χ4n) is 1.86. The Balaban J connectivity index is 2.33. The summed E-state index contributed by atoms with van der Waals surface area (Å²) < 4.78 is 14.0. The van der Waals surface area contributed by atoms with Gasteiger partial charge in [0, 0.05) is 16.2 Å². The number of carbonyl (C=O) groups is 1. The van der Waals surface area contributed by atoms with Gasteiger partial charge < -0.3 is 15.4 Å². The first-order valence-electron chi connectivity index (χ1n) is 6.13. The molecular weight excluding hydrogens is 295 g/mol. The summed E-state index contributed by atoms with van der Waals surface area (Å²) in [6, 6.07) is 8.81. The van der Waals surface area contributed by atoms with Crippen LogP contribution in [0.3, 0.4) is 0 Å². The Morgan fingerprint density at radius 1 is 1.24 bits per heavy atom. The second-order valence-corrected chi connectivity index (χ2v) is 4.86. The van der Waals surface area contributed by atoms with Crippen LogP contribution in [0.15, 0.2) is 36.4 Å². The number of carbonyl (C=O) groups excluding carboxylic acids is 1. The lowest BCUT2D eigenvalue weighted by Gasteiger charge is -2.11. The number of halogens is 2. The van der Waals surface area contributed by atoms with Gasteiger partial charge in [0.05, 0.1) is 5.56 Å². The van der Waals surface area contributed by atoms with Crippen molar-refractivity contribution in [3.63, 3.8) is 0 Å². The Morgan fingerprint density at radius 2 is 1.90 bits per heavy atom. The molecular formula is C14H12BClFNO3. The summed E-state index contributed by atoms with van der Waals surface area (Å²) in [5.74, 6) is -1.66. The molecule has 2 aromatic rings. The van der Waals surface area contributed by atoms with E-state index in [4.69, 9.17) is 21.6 Å². The Kier molecular flexibility index (Phi) is 4.62. The third-order valence-electron chi connectivity index (χ3n) is 3.07. The zero-order valence-electron chi connectivity index (χ0n) is 11.1. The maximum atomic E-state index is 14.0. The number of nitrogens with one attached hydrogen (secondary N) is 1. The van der Waals surface area contributed by atoms with E-state index >= 15 is 0 Å². The molecule has 0 saturated heterocycles. The van der Waals surface area contributed by atoms with E-state index in [2.05, 4.69) is 5.32 Å². The maximum absolute atomic E-state index is 14.0. The van der Waals surface area contributed by atoms with Gasteiger partial charge in [0.1, 0.15) is 5.82 Å². The fraction of sp³-hybridized carbons (Fsp3) is 0.0714. The predicted molar refractivity (Wildman–Crippen MR) is 80.4 cm³/mol. The van der Waals surface area contributed by atoms with E-state index in [9.17, 15) is 9.18 Å². The Bertz CT molecular complexity index is 694. The first-order chi connectivity index (χ1) is 9.91. The van der Waals surface area contributed by atoms with Crippen LogP contribution in [-0.4, -0.2) is 23.1 Å². The molecule has 0 aliphatic carbocycles. The summed E-state index contributed by atoms with van der Waals surface area (Å²) in [5.41, 5.74) is 0.485. The van der Waals surface area contributed by atoms with Gasteiger partial charge in [-0.15, -0.1) is 0 Å². The van der Waals surface area contributed by atoms with Crippen molar-refractivity contribution in [3.8, 4) is 0 Å². The molecule has 0 saturated carbocycles. The lowest BCUT2D eigenvalue weighted by molar-refractivity contribution is 0.102. The highest BCUT2D eigenvalue weighted by Gasteiger charge is 2.22. The van der Waals surface area contributed by atoms with Gasteiger partial charge in [-0.2, -0.15) is 0 Å². The molecule has 0 aliphatic heterocycles. The van der Waals surface area contributed by atoms with Crippen LogP contribution in [0, 0.1) is 12.7 Å². The lowest BCUT2D eigenvalue weighted by Crippen LogP contribution is -2.34. The summed E-state index contributed by atoms with van der Waals surface area (Å²) >= 11 is 5.95. The normalized spacial score (nSPS) is 10.3. The lowest BCUT2D eigenvalue weighted by atomic mass is 9.79. The number of hydrogen-bond donors (Lipinski definition) is 3. The predicted octanol–water partition coefficient (Wildman–Crippen LogP) is 1.72. The zero-order valence-corrected chi connectivity index (χ0v) is 11.9. The summed E-state index contributed by atoms with van der Waals surface area (Å²) in [6.45, 7) is 1.72. The molecule has 0 radical (unpaired) electrons. The topological polar surface area (TPSA) is 69.6 Å². The molecule has 0 bridgehead atoms. The van der Waals surface area contributed by atoms with E-state index in [1.807, 2.05) is 0 Å². The molecule has 4 nitrogen and oxygen atoms in total. The summed E-state index contributed by atoms with van der Waals surface area (Å²) in [7, 11) is -1.98. The van der Waals surface area contributed by atoms with Crippen LogP contribution >= 0.6 is 11.6 Å². The molecule has 0 fully saturated rings. The largest absolute Gasteiger partial charge is 0.491 e. The average Bonchev–Trinajstić information content (AvgIpc) is 2.43. The van der Waals surface area contributed by atoms with Crippen molar-refractivity contribution in [3.05, 3.63) is 58.4 Å². The van der Waals surface area contributed by atoms with E-state index < -0.39 is 18.8 Å². The van der Waals surface area contributed by atoms with E-state index in [0.29, 0.717) is 16.3 Å². The van der Waals surface area contributed by atoms with Crippen molar-refractivity contribution in [1.82, 2.24) is 0 Å². The van der Waals surface area contributed by atoms with Crippen molar-refractivity contribution in [2.75, 3.05) is 5.32 Å². The number of rotatable bonds is 3. The highest BCUT2D eigenvalue weighted by molar-refractivity contribution is 6.58. The molecule has 1 amide bonds. The third-order valence-corrected chi connectivity index (χ3v) is 3.48. The first-order valence-corrected chi connectivity index (χ1v) is 6.50. The van der Waals surface area contributed by atoms with Crippen molar-refractivity contribution in [2.24, 2.45) is 0 Å². The molecule has 3 N–H and O–H groups in total. The zero-order chi connectivity index (χ0) is 15.6. The molecule has 0 aliphatic rings. The highest BCUT2D eigenvalue weighted by Crippen LogP contribution is 2.23. The molecule has 108 valence electrons. The number of benzene rings is 2. The maximum Gasteiger partial charge on any atom is 0.491 e. The smallest absolute Gasteiger partial charge is 0.423 e. The van der Waals surface area contributed by atoms with Gasteiger partial charge in [0.25, 0.3) is 5.91 Å². The van der Waals surface area contributed by atoms with Gasteiger partial charge in [-0.3, -0.25) is 4.79 Å². The molecule has 2 rings (SSSR count). The quantitative estimate of drug-likeness (QED) is 0.756. The number of amides is 1. The molecule has 0 unspecified atom stereocenters. The van der Waals surface area contributed by atoms with E-state index in [1.165, 1.54) is 18.2 Å². The highest BCUT2D eigenvalue weighted by atomic mass is 35.5. The third kappa shape index (κ3) is 3.24. The molecule has 0 spiro atoms. The summed E-state index contributed by atoms with van der Waals surface area (Å²) in [6.07, 6.45) is 0. The van der Waals surface area contributed by atoms with Crippen molar-refractivity contribution in [1.29, 1.82) is 0 Å². The van der Waals surface area contributed by atoms with Crippen LogP contribution in [0.4, 0.5) is 10.1 Å². The standard InChI is InChI=1S/C14H12BClFNO3/c1-8-11(16)6-3-7-12(8)18-14(19)9-4-2-5-10(13(9)17)15(20)21/h2-7,20-21H,1H3,(H,18,19). The minimum Gasteiger partial charge on any atom is -0.423 e. The number of hydrogen-bond acceptors (Lipinski definition) is 3. The molecule has 0 atom stereocenters. The fourth-order valence-corrected chi connectivity index (χ4v) is 2.03. The van der Waals surface area contributed by atoms with Crippen LogP contribution in [0.2, 0.25) is 5.02 Å². The van der Waals surface area contributed by atoms with E-state index in [0.717, 1.165) is 0 Å². The van der Waals surface area contributed by atoms with Crippen LogP contribution in [-0.2, 0) is 0 Å². The molecule has 2 aromatic carbocycles. The Hall–Kier alpha value is -1.89. The van der Waals surface area contributed by atoms with Gasteiger partial charge in [0.2, 0.25) is 0 Å². The van der Waals surface area contributed by atoms with Gasteiger partial charge in [-0.25, -0.2) is 4.39 Å². The summed E-state index contributed by atoms with van der Waals surface area (Å²) in [4.78, 5) is 12.1. The first kappa shape index (κ1) is 15.5. The minimum atomic E-state index is -1.98. The van der Waals surface area contributed by atoms with Crippen LogP contribution in [0.5, 0.6) is 0 Å². The Morgan fingerprint density at radius 3 is 2.57 bits per heavy atom. The van der Waals surface area contributed by atoms with Crippen molar-refractivity contribution in [2.45, 2.75) is 6.92 Å². The van der Waals surface area contributed by atoms with E-state index in [-0.39, 0.29) is 11.0 Å². The Labute approximate surface area is 126 Å². The van der Waals surface area contributed by atoms with Gasteiger partial charge in [-0.1, -0.05) is 29.8 Å². The second kappa shape index (κ2) is 6.26.